The van der Waals surface area contributed by atoms with E-state index in [4.69, 9.17) is 23.2 Å². The van der Waals surface area contributed by atoms with Crippen LogP contribution in [0.2, 0.25) is 5.02 Å². The van der Waals surface area contributed by atoms with Gasteiger partial charge in [0.2, 0.25) is 0 Å². The molecule has 1 N–H and O–H groups in total. The number of halogens is 3. The van der Waals surface area contributed by atoms with Gasteiger partial charge in [-0.2, -0.15) is 0 Å². The van der Waals surface area contributed by atoms with Crippen LogP contribution in [0.25, 0.3) is 0 Å². The van der Waals surface area contributed by atoms with Gasteiger partial charge in [-0.1, -0.05) is 35.9 Å². The summed E-state index contributed by atoms with van der Waals surface area (Å²) < 4.78 is 13.0. The predicted molar refractivity (Wildman–Crippen MR) is 78.6 cm³/mol. The molecule has 0 heterocycles. The molecule has 0 fully saturated rings. The second-order valence-corrected chi connectivity index (χ2v) is 4.94. The van der Waals surface area contributed by atoms with Crippen molar-refractivity contribution >= 4 is 29.1 Å². The molecule has 0 saturated carbocycles. The van der Waals surface area contributed by atoms with Crippen LogP contribution in [0.4, 0.5) is 4.39 Å². The van der Waals surface area contributed by atoms with Crippen molar-refractivity contribution in [3.05, 3.63) is 70.0 Å². The monoisotopic (exact) mass is 311 g/mol. The molecule has 0 spiro atoms. The fourth-order valence-electron chi connectivity index (χ4n) is 1.67. The Hall–Kier alpha value is -1.58. The molecular formula is C15H12Cl2FNO. The van der Waals surface area contributed by atoms with Crippen molar-refractivity contribution in [3.8, 4) is 0 Å². The number of amides is 1. The summed E-state index contributed by atoms with van der Waals surface area (Å²) in [7, 11) is 0. The molecule has 0 unspecified atom stereocenters. The number of rotatable bonds is 4. The highest BCUT2D eigenvalue weighted by molar-refractivity contribution is 6.31. The molecule has 104 valence electrons. The summed E-state index contributed by atoms with van der Waals surface area (Å²) in [5, 5.41) is 2.68. The van der Waals surface area contributed by atoms with Gasteiger partial charge >= 0.3 is 0 Å². The molecule has 2 aromatic carbocycles. The highest BCUT2D eigenvalue weighted by atomic mass is 35.5. The van der Waals surface area contributed by atoms with Gasteiger partial charge in [-0.15, -0.1) is 11.6 Å². The maximum atomic E-state index is 13.0. The lowest BCUT2D eigenvalue weighted by atomic mass is 10.1. The Labute approximate surface area is 126 Å². The summed E-state index contributed by atoms with van der Waals surface area (Å²) in [6.07, 6.45) is 0. The third-order valence-electron chi connectivity index (χ3n) is 2.81. The van der Waals surface area contributed by atoms with E-state index in [2.05, 4.69) is 5.32 Å². The quantitative estimate of drug-likeness (QED) is 0.844. The smallest absolute Gasteiger partial charge is 0.251 e. The van der Waals surface area contributed by atoms with Crippen LogP contribution in [-0.2, 0) is 12.4 Å². The standard InChI is InChI=1S/C15H12Cl2FNO/c16-8-10-1-3-11(4-2-10)9-19-15(20)12-5-6-14(18)13(17)7-12/h1-7H,8-9H2,(H,19,20). The zero-order chi connectivity index (χ0) is 14.5. The topological polar surface area (TPSA) is 29.1 Å². The average molecular weight is 312 g/mol. The molecule has 2 nitrogen and oxygen atoms in total. The van der Waals surface area contributed by atoms with Crippen molar-refractivity contribution in [1.29, 1.82) is 0 Å². The van der Waals surface area contributed by atoms with Crippen LogP contribution in [0.15, 0.2) is 42.5 Å². The Kier molecular flexibility index (Phi) is 4.99. The van der Waals surface area contributed by atoms with E-state index in [-0.39, 0.29) is 10.9 Å². The van der Waals surface area contributed by atoms with Gasteiger partial charge in [0.25, 0.3) is 5.91 Å². The number of benzene rings is 2. The lowest BCUT2D eigenvalue weighted by molar-refractivity contribution is 0.0951. The SMILES string of the molecule is O=C(NCc1ccc(CCl)cc1)c1ccc(F)c(Cl)c1. The van der Waals surface area contributed by atoms with Crippen LogP contribution in [0.1, 0.15) is 21.5 Å². The Morgan fingerprint density at radius 2 is 1.75 bits per heavy atom. The van der Waals surface area contributed by atoms with Crippen molar-refractivity contribution in [3.63, 3.8) is 0 Å². The molecule has 2 aromatic rings. The Bertz CT molecular complexity index is 614. The number of alkyl halides is 1. The van der Waals surface area contributed by atoms with Gasteiger partial charge in [0.15, 0.2) is 0 Å². The zero-order valence-electron chi connectivity index (χ0n) is 10.5. The van der Waals surface area contributed by atoms with Gasteiger partial charge in [0.05, 0.1) is 5.02 Å². The molecule has 0 atom stereocenters. The molecule has 0 aliphatic rings. The summed E-state index contributed by atoms with van der Waals surface area (Å²) in [5.74, 6) is -0.381. The van der Waals surface area contributed by atoms with Crippen molar-refractivity contribution in [1.82, 2.24) is 5.32 Å². The number of nitrogens with one attached hydrogen (secondary N) is 1. The second-order valence-electron chi connectivity index (χ2n) is 4.26. The summed E-state index contributed by atoms with van der Waals surface area (Å²) >= 11 is 11.3. The van der Waals surface area contributed by atoms with Gasteiger partial charge in [0.1, 0.15) is 5.82 Å². The minimum atomic E-state index is -0.542. The Balaban J connectivity index is 1.98. The van der Waals surface area contributed by atoms with Gasteiger partial charge in [-0.25, -0.2) is 4.39 Å². The maximum absolute atomic E-state index is 13.0. The fourth-order valence-corrected chi connectivity index (χ4v) is 2.03. The van der Waals surface area contributed by atoms with E-state index in [0.717, 1.165) is 11.1 Å². The Morgan fingerprint density at radius 1 is 1.10 bits per heavy atom. The molecule has 0 saturated heterocycles. The number of hydrogen-bond acceptors (Lipinski definition) is 1. The van der Waals surface area contributed by atoms with E-state index in [9.17, 15) is 9.18 Å². The predicted octanol–water partition coefficient (Wildman–Crippen LogP) is 4.15. The van der Waals surface area contributed by atoms with Crippen molar-refractivity contribution in [2.24, 2.45) is 0 Å². The largest absolute Gasteiger partial charge is 0.348 e. The van der Waals surface area contributed by atoms with Gasteiger partial charge < -0.3 is 5.32 Å². The molecule has 0 bridgehead atoms. The molecule has 0 aliphatic carbocycles. The number of carbonyl (C=O) groups excluding carboxylic acids is 1. The van der Waals surface area contributed by atoms with Crippen LogP contribution in [0, 0.1) is 5.82 Å². The first-order chi connectivity index (χ1) is 9.60. The zero-order valence-corrected chi connectivity index (χ0v) is 12.0. The average Bonchev–Trinajstić information content (AvgIpc) is 2.48. The number of hydrogen-bond donors (Lipinski definition) is 1. The summed E-state index contributed by atoms with van der Waals surface area (Å²) in [4.78, 5) is 11.9. The van der Waals surface area contributed by atoms with Crippen LogP contribution in [0.5, 0.6) is 0 Å². The van der Waals surface area contributed by atoms with E-state index in [1.54, 1.807) is 0 Å². The van der Waals surface area contributed by atoms with Crippen molar-refractivity contribution < 1.29 is 9.18 Å². The van der Waals surface area contributed by atoms with Crippen molar-refractivity contribution in [2.75, 3.05) is 0 Å². The van der Waals surface area contributed by atoms with Crippen molar-refractivity contribution in [2.45, 2.75) is 12.4 Å². The van der Waals surface area contributed by atoms with E-state index < -0.39 is 5.82 Å². The summed E-state index contributed by atoms with van der Waals surface area (Å²) in [6.45, 7) is 0.385. The Morgan fingerprint density at radius 3 is 2.35 bits per heavy atom. The lowest BCUT2D eigenvalue weighted by Crippen LogP contribution is -2.22. The molecule has 20 heavy (non-hydrogen) atoms. The van der Waals surface area contributed by atoms with Gasteiger partial charge in [0, 0.05) is 18.0 Å². The molecule has 5 heteroatoms. The fraction of sp³-hybridized carbons (Fsp3) is 0.133. The van der Waals surface area contributed by atoms with Crippen LogP contribution >= 0.6 is 23.2 Å². The molecular weight excluding hydrogens is 300 g/mol. The van der Waals surface area contributed by atoms with Gasteiger partial charge in [-0.05, 0) is 29.3 Å². The minimum absolute atomic E-state index is 0.0656. The second kappa shape index (κ2) is 6.73. The van der Waals surface area contributed by atoms with E-state index in [1.165, 1.54) is 18.2 Å². The molecule has 0 aromatic heterocycles. The molecule has 1 amide bonds. The first-order valence-corrected chi connectivity index (χ1v) is 6.88. The van der Waals surface area contributed by atoms with E-state index >= 15 is 0 Å². The maximum Gasteiger partial charge on any atom is 0.251 e. The van der Waals surface area contributed by atoms with Gasteiger partial charge in [-0.3, -0.25) is 4.79 Å². The van der Waals surface area contributed by atoms with Crippen LogP contribution in [-0.4, -0.2) is 5.91 Å². The molecule has 0 radical (unpaired) electrons. The third kappa shape index (κ3) is 3.71. The van der Waals surface area contributed by atoms with E-state index in [0.29, 0.717) is 18.0 Å². The third-order valence-corrected chi connectivity index (χ3v) is 3.41. The highest BCUT2D eigenvalue weighted by Gasteiger charge is 2.08. The normalized spacial score (nSPS) is 10.3. The van der Waals surface area contributed by atoms with E-state index in [1.807, 2.05) is 24.3 Å². The lowest BCUT2D eigenvalue weighted by Gasteiger charge is -2.06. The summed E-state index contributed by atoms with van der Waals surface area (Å²) in [6, 6.07) is 11.5. The first kappa shape index (κ1) is 14.8. The van der Waals surface area contributed by atoms with Crippen LogP contribution in [0.3, 0.4) is 0 Å². The first-order valence-electron chi connectivity index (χ1n) is 5.97. The molecule has 0 aliphatic heterocycles. The minimum Gasteiger partial charge on any atom is -0.348 e. The molecule has 2 rings (SSSR count). The number of carbonyl (C=O) groups is 1. The highest BCUT2D eigenvalue weighted by Crippen LogP contribution is 2.16. The van der Waals surface area contributed by atoms with Crippen LogP contribution < -0.4 is 5.32 Å². The summed E-state index contributed by atoms with van der Waals surface area (Å²) in [5.41, 5.74) is 2.31.